The molecule has 0 spiro atoms. The SMILES string of the molecule is CN(C)C(=O)Sc1ccccc1NC(=O)C=Cc1c(F)cccc1F. The fraction of sp³-hybridized carbons (Fsp3) is 0.111. The molecule has 0 saturated carbocycles. The smallest absolute Gasteiger partial charge is 0.286 e. The van der Waals surface area contributed by atoms with Crippen molar-refractivity contribution in [1.82, 2.24) is 4.90 Å². The summed E-state index contributed by atoms with van der Waals surface area (Å²) in [4.78, 5) is 25.8. The number of nitrogens with one attached hydrogen (secondary N) is 1. The molecule has 0 aromatic heterocycles. The molecule has 0 fully saturated rings. The van der Waals surface area contributed by atoms with Crippen molar-refractivity contribution >= 4 is 34.7 Å². The van der Waals surface area contributed by atoms with Crippen LogP contribution in [0.3, 0.4) is 0 Å². The van der Waals surface area contributed by atoms with Gasteiger partial charge in [-0.1, -0.05) is 18.2 Å². The molecule has 2 amide bonds. The first-order chi connectivity index (χ1) is 11.9. The van der Waals surface area contributed by atoms with E-state index < -0.39 is 17.5 Å². The summed E-state index contributed by atoms with van der Waals surface area (Å²) in [6, 6.07) is 10.3. The Bertz CT molecular complexity index is 802. The highest BCUT2D eigenvalue weighted by Gasteiger charge is 2.12. The molecular formula is C18H16F2N2O2S. The number of carbonyl (C=O) groups excluding carboxylic acids is 2. The summed E-state index contributed by atoms with van der Waals surface area (Å²) in [6.45, 7) is 0. The molecule has 1 N–H and O–H groups in total. The van der Waals surface area contributed by atoms with E-state index in [9.17, 15) is 18.4 Å². The van der Waals surface area contributed by atoms with Crippen LogP contribution in [0, 0.1) is 11.6 Å². The van der Waals surface area contributed by atoms with Gasteiger partial charge in [0.2, 0.25) is 5.91 Å². The Morgan fingerprint density at radius 3 is 2.32 bits per heavy atom. The number of halogens is 2. The van der Waals surface area contributed by atoms with E-state index in [0.717, 1.165) is 36.0 Å². The van der Waals surface area contributed by atoms with Gasteiger partial charge >= 0.3 is 0 Å². The molecular weight excluding hydrogens is 346 g/mol. The average molecular weight is 362 g/mol. The van der Waals surface area contributed by atoms with Crippen molar-refractivity contribution in [2.24, 2.45) is 0 Å². The zero-order valence-electron chi connectivity index (χ0n) is 13.6. The van der Waals surface area contributed by atoms with Gasteiger partial charge < -0.3 is 10.2 Å². The van der Waals surface area contributed by atoms with Gasteiger partial charge in [-0.3, -0.25) is 9.59 Å². The molecule has 0 atom stereocenters. The number of carbonyl (C=O) groups is 2. The fourth-order valence-electron chi connectivity index (χ4n) is 1.85. The van der Waals surface area contributed by atoms with Crippen LogP contribution in [0.25, 0.3) is 6.08 Å². The predicted octanol–water partition coefficient (Wildman–Crippen LogP) is 4.39. The Kier molecular flexibility index (Phi) is 6.30. The summed E-state index contributed by atoms with van der Waals surface area (Å²) in [6.07, 6.45) is 2.11. The number of hydrogen-bond acceptors (Lipinski definition) is 3. The molecule has 0 aliphatic rings. The molecule has 2 rings (SSSR count). The third-order valence-electron chi connectivity index (χ3n) is 3.11. The van der Waals surface area contributed by atoms with E-state index in [1.807, 2.05) is 0 Å². The maximum atomic E-state index is 13.5. The zero-order chi connectivity index (χ0) is 18.4. The van der Waals surface area contributed by atoms with E-state index in [1.54, 1.807) is 38.4 Å². The Balaban J connectivity index is 2.13. The summed E-state index contributed by atoms with van der Waals surface area (Å²) in [5.74, 6) is -2.07. The summed E-state index contributed by atoms with van der Waals surface area (Å²) in [5, 5.41) is 2.41. The second-order valence-corrected chi connectivity index (χ2v) is 6.21. The Hall–Kier alpha value is -2.67. The molecule has 2 aromatic rings. The maximum absolute atomic E-state index is 13.5. The third-order valence-corrected chi connectivity index (χ3v) is 4.22. The third kappa shape index (κ3) is 5.15. The lowest BCUT2D eigenvalue weighted by Gasteiger charge is -2.12. The first kappa shape index (κ1) is 18.7. The van der Waals surface area contributed by atoms with Crippen molar-refractivity contribution in [3.63, 3.8) is 0 Å². The number of nitrogens with zero attached hydrogens (tertiary/aromatic N) is 1. The van der Waals surface area contributed by atoms with Gasteiger partial charge in [-0.05, 0) is 42.1 Å². The summed E-state index contributed by atoms with van der Waals surface area (Å²) in [5.41, 5.74) is 0.148. The van der Waals surface area contributed by atoms with Crippen LogP contribution in [0.5, 0.6) is 0 Å². The van der Waals surface area contributed by atoms with E-state index >= 15 is 0 Å². The largest absolute Gasteiger partial charge is 0.339 e. The molecule has 0 heterocycles. The van der Waals surface area contributed by atoms with Gasteiger partial charge in [-0.15, -0.1) is 0 Å². The first-order valence-corrected chi connectivity index (χ1v) is 8.11. The molecule has 25 heavy (non-hydrogen) atoms. The number of thioether (sulfide) groups is 1. The monoisotopic (exact) mass is 362 g/mol. The second kappa shape index (κ2) is 8.43. The average Bonchev–Trinajstić information content (AvgIpc) is 2.56. The number of para-hydroxylation sites is 1. The lowest BCUT2D eigenvalue weighted by atomic mass is 10.2. The van der Waals surface area contributed by atoms with Gasteiger partial charge in [-0.25, -0.2) is 8.78 Å². The molecule has 0 aliphatic carbocycles. The van der Waals surface area contributed by atoms with Gasteiger partial charge in [-0.2, -0.15) is 0 Å². The molecule has 0 radical (unpaired) electrons. The highest BCUT2D eigenvalue weighted by Crippen LogP contribution is 2.28. The number of rotatable bonds is 4. The highest BCUT2D eigenvalue weighted by molar-refractivity contribution is 8.13. The Morgan fingerprint density at radius 1 is 1.04 bits per heavy atom. The van der Waals surface area contributed by atoms with Crippen LogP contribution in [0.4, 0.5) is 19.3 Å². The molecule has 0 unspecified atom stereocenters. The number of benzene rings is 2. The minimum absolute atomic E-state index is 0.189. The van der Waals surface area contributed by atoms with Crippen LogP contribution >= 0.6 is 11.8 Å². The topological polar surface area (TPSA) is 49.4 Å². The van der Waals surface area contributed by atoms with Gasteiger partial charge in [0.1, 0.15) is 11.6 Å². The van der Waals surface area contributed by atoms with Crippen molar-refractivity contribution in [3.05, 3.63) is 65.7 Å². The van der Waals surface area contributed by atoms with Crippen LogP contribution in [0.15, 0.2) is 53.4 Å². The summed E-state index contributed by atoms with van der Waals surface area (Å²) >= 11 is 0.968. The van der Waals surface area contributed by atoms with E-state index in [2.05, 4.69) is 5.32 Å². The molecule has 2 aromatic carbocycles. The lowest BCUT2D eigenvalue weighted by Crippen LogP contribution is -2.16. The van der Waals surface area contributed by atoms with Gasteiger partial charge in [0.25, 0.3) is 5.24 Å². The highest BCUT2D eigenvalue weighted by atomic mass is 32.2. The zero-order valence-corrected chi connectivity index (χ0v) is 14.4. The van der Waals surface area contributed by atoms with E-state index in [-0.39, 0.29) is 10.8 Å². The number of amides is 2. The molecule has 0 bridgehead atoms. The van der Waals surface area contributed by atoms with Crippen LogP contribution in [0.2, 0.25) is 0 Å². The van der Waals surface area contributed by atoms with Gasteiger partial charge in [0.05, 0.1) is 5.69 Å². The van der Waals surface area contributed by atoms with Crippen molar-refractivity contribution < 1.29 is 18.4 Å². The van der Waals surface area contributed by atoms with Crippen LogP contribution in [0.1, 0.15) is 5.56 Å². The van der Waals surface area contributed by atoms with Crippen molar-refractivity contribution in [1.29, 1.82) is 0 Å². The first-order valence-electron chi connectivity index (χ1n) is 7.29. The van der Waals surface area contributed by atoms with Crippen molar-refractivity contribution in [2.45, 2.75) is 4.90 Å². The molecule has 4 nitrogen and oxygen atoms in total. The summed E-state index contributed by atoms with van der Waals surface area (Å²) in [7, 11) is 3.25. The minimum atomic E-state index is -0.753. The lowest BCUT2D eigenvalue weighted by molar-refractivity contribution is -0.111. The van der Waals surface area contributed by atoms with Crippen LogP contribution < -0.4 is 5.32 Å². The van der Waals surface area contributed by atoms with E-state index in [4.69, 9.17) is 0 Å². The van der Waals surface area contributed by atoms with Crippen molar-refractivity contribution in [3.8, 4) is 0 Å². The maximum Gasteiger partial charge on any atom is 0.286 e. The molecule has 0 aliphatic heterocycles. The van der Waals surface area contributed by atoms with Crippen LogP contribution in [-0.4, -0.2) is 30.1 Å². The van der Waals surface area contributed by atoms with Gasteiger partial charge in [0.15, 0.2) is 0 Å². The second-order valence-electron chi connectivity index (χ2n) is 5.22. The molecule has 0 saturated heterocycles. The normalized spacial score (nSPS) is 10.7. The predicted molar refractivity (Wildman–Crippen MR) is 95.4 cm³/mol. The number of hydrogen-bond donors (Lipinski definition) is 1. The molecule has 130 valence electrons. The molecule has 7 heteroatoms. The standard InChI is InChI=1S/C18H16F2N2O2S/c1-22(2)18(24)25-16-9-4-3-8-15(16)21-17(23)11-10-12-13(19)6-5-7-14(12)20/h3-11H,1-2H3,(H,21,23). The van der Waals surface area contributed by atoms with E-state index in [0.29, 0.717) is 10.6 Å². The Morgan fingerprint density at radius 2 is 1.68 bits per heavy atom. The van der Waals surface area contributed by atoms with Crippen molar-refractivity contribution in [2.75, 3.05) is 19.4 Å². The van der Waals surface area contributed by atoms with Gasteiger partial charge in [0, 0.05) is 30.6 Å². The summed E-state index contributed by atoms with van der Waals surface area (Å²) < 4.78 is 27.1. The van der Waals surface area contributed by atoms with E-state index in [1.165, 1.54) is 11.0 Å². The quantitative estimate of drug-likeness (QED) is 0.648. The van der Waals surface area contributed by atoms with Crippen LogP contribution in [-0.2, 0) is 4.79 Å². The fourth-order valence-corrected chi connectivity index (χ4v) is 2.59. The number of anilines is 1. The Labute approximate surface area is 148 Å². The minimum Gasteiger partial charge on any atom is -0.339 e.